The Morgan fingerprint density at radius 1 is 1.23 bits per heavy atom. The van der Waals surface area contributed by atoms with Gasteiger partial charge in [0.2, 0.25) is 17.7 Å². The summed E-state index contributed by atoms with van der Waals surface area (Å²) in [6.45, 7) is 2.29. The van der Waals surface area contributed by atoms with Crippen LogP contribution in [0.4, 0.5) is 0 Å². The third-order valence-electron chi connectivity index (χ3n) is 4.37. The van der Waals surface area contributed by atoms with Gasteiger partial charge in [0.1, 0.15) is 5.52 Å². The predicted molar refractivity (Wildman–Crippen MR) is 94.3 cm³/mol. The quantitative estimate of drug-likeness (QED) is 0.822. The van der Waals surface area contributed by atoms with Crippen LogP contribution in [0, 0.1) is 0 Å². The Morgan fingerprint density at radius 2 is 2.04 bits per heavy atom. The molecular weight excluding hydrogens is 336 g/mol. The van der Waals surface area contributed by atoms with Crippen molar-refractivity contribution >= 4 is 28.8 Å². The molecule has 26 heavy (non-hydrogen) atoms. The maximum absolute atomic E-state index is 12.4. The van der Waals surface area contributed by atoms with E-state index < -0.39 is 0 Å². The van der Waals surface area contributed by atoms with Crippen LogP contribution < -0.4 is 10.6 Å². The number of oxazole rings is 1. The highest BCUT2D eigenvalue weighted by molar-refractivity contribution is 5.87. The summed E-state index contributed by atoms with van der Waals surface area (Å²) in [7, 11) is 0. The average molecular weight is 358 g/mol. The number of para-hydroxylation sites is 2. The molecule has 8 heteroatoms. The van der Waals surface area contributed by atoms with E-state index in [4.69, 9.17) is 4.42 Å². The number of amides is 3. The van der Waals surface area contributed by atoms with Crippen LogP contribution in [0.15, 0.2) is 28.7 Å². The summed E-state index contributed by atoms with van der Waals surface area (Å²) in [4.78, 5) is 41.0. The van der Waals surface area contributed by atoms with Crippen molar-refractivity contribution in [1.29, 1.82) is 0 Å². The highest BCUT2D eigenvalue weighted by Gasteiger charge is 2.28. The lowest BCUT2D eigenvalue weighted by Gasteiger charge is -2.31. The first-order valence-corrected chi connectivity index (χ1v) is 8.67. The number of hydrogen-bond donors (Lipinski definition) is 2. The van der Waals surface area contributed by atoms with Crippen LogP contribution in [-0.4, -0.2) is 53.8 Å². The maximum Gasteiger partial charge on any atom is 0.241 e. The van der Waals surface area contributed by atoms with Gasteiger partial charge < -0.3 is 20.0 Å². The molecule has 1 aliphatic heterocycles. The van der Waals surface area contributed by atoms with Gasteiger partial charge in [-0.05, 0) is 25.0 Å². The largest absolute Gasteiger partial charge is 0.440 e. The summed E-state index contributed by atoms with van der Waals surface area (Å²) in [5, 5.41) is 4.92. The molecule has 1 aromatic carbocycles. The van der Waals surface area contributed by atoms with E-state index in [1.165, 1.54) is 6.92 Å². The summed E-state index contributed by atoms with van der Waals surface area (Å²) in [5.74, 6) is -0.125. The van der Waals surface area contributed by atoms with Crippen LogP contribution in [0.1, 0.15) is 31.6 Å². The van der Waals surface area contributed by atoms with Crippen molar-refractivity contribution in [2.24, 2.45) is 0 Å². The van der Waals surface area contributed by atoms with E-state index in [1.807, 2.05) is 24.3 Å². The molecule has 0 spiro atoms. The fourth-order valence-corrected chi connectivity index (χ4v) is 3.02. The smallest absolute Gasteiger partial charge is 0.241 e. The Labute approximate surface area is 150 Å². The van der Waals surface area contributed by atoms with Gasteiger partial charge in [0, 0.05) is 20.0 Å². The molecule has 2 aromatic rings. The van der Waals surface area contributed by atoms with Crippen molar-refractivity contribution in [2.75, 3.05) is 26.2 Å². The Morgan fingerprint density at radius 3 is 2.81 bits per heavy atom. The zero-order valence-corrected chi connectivity index (χ0v) is 14.7. The molecule has 0 saturated carbocycles. The standard InChI is InChI=1S/C18H22N4O4/c1-12(23)19-9-16(24)20-10-17(25)22-8-4-5-13(11-22)18-21-14-6-2-3-7-15(14)26-18/h2-3,6-7,13H,4-5,8-11H2,1H3,(H,19,23)(H,20,24). The predicted octanol–water partition coefficient (Wildman–Crippen LogP) is 0.786. The Kier molecular flexibility index (Phi) is 5.50. The van der Waals surface area contributed by atoms with Crippen LogP contribution in [0.25, 0.3) is 11.1 Å². The molecule has 0 aliphatic carbocycles. The van der Waals surface area contributed by atoms with Gasteiger partial charge in [-0.3, -0.25) is 14.4 Å². The molecule has 1 fully saturated rings. The second-order valence-electron chi connectivity index (χ2n) is 6.39. The molecular formula is C18H22N4O4. The second-order valence-corrected chi connectivity index (χ2v) is 6.39. The number of aromatic nitrogens is 1. The van der Waals surface area contributed by atoms with Crippen molar-refractivity contribution < 1.29 is 18.8 Å². The minimum atomic E-state index is -0.388. The van der Waals surface area contributed by atoms with E-state index in [9.17, 15) is 14.4 Å². The molecule has 2 heterocycles. The summed E-state index contributed by atoms with van der Waals surface area (Å²) < 4.78 is 5.83. The van der Waals surface area contributed by atoms with E-state index in [0.717, 1.165) is 23.9 Å². The number of fused-ring (bicyclic) bond motifs is 1. The number of nitrogens with one attached hydrogen (secondary N) is 2. The fourth-order valence-electron chi connectivity index (χ4n) is 3.02. The molecule has 0 radical (unpaired) electrons. The zero-order valence-electron chi connectivity index (χ0n) is 14.7. The molecule has 8 nitrogen and oxygen atoms in total. The highest BCUT2D eigenvalue weighted by Crippen LogP contribution is 2.28. The third-order valence-corrected chi connectivity index (χ3v) is 4.37. The lowest BCUT2D eigenvalue weighted by atomic mass is 9.98. The first-order chi connectivity index (χ1) is 12.5. The first kappa shape index (κ1) is 17.9. The second kappa shape index (κ2) is 7.99. The first-order valence-electron chi connectivity index (χ1n) is 8.67. The van der Waals surface area contributed by atoms with Crippen LogP contribution in [-0.2, 0) is 14.4 Å². The lowest BCUT2D eigenvalue weighted by molar-refractivity contribution is -0.133. The van der Waals surface area contributed by atoms with Crippen LogP contribution in [0.2, 0.25) is 0 Å². The number of benzene rings is 1. The molecule has 1 aliphatic rings. The summed E-state index contributed by atoms with van der Waals surface area (Å²) in [6, 6.07) is 7.59. The van der Waals surface area contributed by atoms with E-state index >= 15 is 0 Å². The minimum Gasteiger partial charge on any atom is -0.440 e. The van der Waals surface area contributed by atoms with Gasteiger partial charge in [-0.2, -0.15) is 0 Å². The molecule has 1 unspecified atom stereocenters. The molecule has 3 amide bonds. The molecule has 2 N–H and O–H groups in total. The van der Waals surface area contributed by atoms with Gasteiger partial charge in [0.15, 0.2) is 11.5 Å². The van der Waals surface area contributed by atoms with Crippen molar-refractivity contribution in [3.8, 4) is 0 Å². The third kappa shape index (κ3) is 4.38. The van der Waals surface area contributed by atoms with Gasteiger partial charge >= 0.3 is 0 Å². The monoisotopic (exact) mass is 358 g/mol. The maximum atomic E-state index is 12.4. The van der Waals surface area contributed by atoms with Gasteiger partial charge in [-0.25, -0.2) is 4.98 Å². The number of likely N-dealkylation sites (tertiary alicyclic amines) is 1. The number of carbonyl (C=O) groups excluding carboxylic acids is 3. The molecule has 1 atom stereocenters. The highest BCUT2D eigenvalue weighted by atomic mass is 16.3. The lowest BCUT2D eigenvalue weighted by Crippen LogP contribution is -2.46. The summed E-state index contributed by atoms with van der Waals surface area (Å²) in [6.07, 6.45) is 1.76. The number of carbonyl (C=O) groups is 3. The SMILES string of the molecule is CC(=O)NCC(=O)NCC(=O)N1CCCC(c2nc3ccccc3o2)C1. The number of nitrogens with zero attached hydrogens (tertiary/aromatic N) is 2. The molecule has 3 rings (SSSR count). The van der Waals surface area contributed by atoms with Crippen LogP contribution in [0.5, 0.6) is 0 Å². The molecule has 1 aromatic heterocycles. The minimum absolute atomic E-state index is 0.0511. The van der Waals surface area contributed by atoms with Crippen LogP contribution in [0.3, 0.4) is 0 Å². The Bertz CT molecular complexity index is 783. The van der Waals surface area contributed by atoms with Gasteiger partial charge in [-0.1, -0.05) is 12.1 Å². The van der Waals surface area contributed by atoms with E-state index in [-0.39, 0.29) is 36.7 Å². The van der Waals surface area contributed by atoms with Crippen molar-refractivity contribution in [3.05, 3.63) is 30.2 Å². The molecule has 0 bridgehead atoms. The molecule has 1 saturated heterocycles. The van der Waals surface area contributed by atoms with E-state index in [2.05, 4.69) is 15.6 Å². The average Bonchev–Trinajstić information content (AvgIpc) is 3.08. The van der Waals surface area contributed by atoms with Crippen LogP contribution >= 0.6 is 0 Å². The van der Waals surface area contributed by atoms with Gasteiger partial charge in [0.05, 0.1) is 19.0 Å². The van der Waals surface area contributed by atoms with Crippen molar-refractivity contribution in [3.63, 3.8) is 0 Å². The van der Waals surface area contributed by atoms with E-state index in [1.54, 1.807) is 4.90 Å². The normalized spacial score (nSPS) is 17.1. The van der Waals surface area contributed by atoms with Gasteiger partial charge in [-0.15, -0.1) is 0 Å². The number of rotatable bonds is 5. The van der Waals surface area contributed by atoms with Gasteiger partial charge in [0.25, 0.3) is 0 Å². The Hall–Kier alpha value is -2.90. The van der Waals surface area contributed by atoms with Crippen molar-refractivity contribution in [1.82, 2.24) is 20.5 Å². The van der Waals surface area contributed by atoms with E-state index in [0.29, 0.717) is 19.0 Å². The topological polar surface area (TPSA) is 105 Å². The fraction of sp³-hybridized carbons (Fsp3) is 0.444. The number of piperidine rings is 1. The summed E-state index contributed by atoms with van der Waals surface area (Å²) >= 11 is 0. The number of hydrogen-bond acceptors (Lipinski definition) is 5. The zero-order chi connectivity index (χ0) is 18.5. The van der Waals surface area contributed by atoms with Crippen molar-refractivity contribution in [2.45, 2.75) is 25.7 Å². The summed E-state index contributed by atoms with van der Waals surface area (Å²) in [5.41, 5.74) is 1.56. The molecule has 138 valence electrons. The Balaban J connectivity index is 1.55.